The number of alkyl halides is 4. The van der Waals surface area contributed by atoms with E-state index in [0.717, 1.165) is 0 Å². The first-order valence-corrected chi connectivity index (χ1v) is 7.38. The zero-order valence-corrected chi connectivity index (χ0v) is 14.2. The smallest absolute Gasteiger partial charge is 0.323 e. The first kappa shape index (κ1) is 18.3. The highest BCUT2D eigenvalue weighted by Crippen LogP contribution is 2.43. The van der Waals surface area contributed by atoms with Crippen LogP contribution in [0.4, 0.5) is 0 Å². The van der Waals surface area contributed by atoms with E-state index in [2.05, 4.69) is 15.9 Å². The molecule has 2 atom stereocenters. The summed E-state index contributed by atoms with van der Waals surface area (Å²) in [5, 5.41) is 9.14. The van der Waals surface area contributed by atoms with E-state index in [4.69, 9.17) is 44.8 Å². The summed E-state index contributed by atoms with van der Waals surface area (Å²) >= 11 is 20.6. The second-order valence-corrected chi connectivity index (χ2v) is 8.04. The first-order valence-electron chi connectivity index (χ1n) is 5.33. The molecule has 0 aliphatic heterocycles. The van der Waals surface area contributed by atoms with E-state index in [0.29, 0.717) is 0 Å². The minimum atomic E-state index is -1.44. The normalized spacial score (nSPS) is 15.7. The molecule has 0 bridgehead atoms. The molecule has 0 rings (SSSR count). The maximum Gasteiger partial charge on any atom is 0.323 e. The molecule has 0 saturated heterocycles. The fourth-order valence-electron chi connectivity index (χ4n) is 1.40. The van der Waals surface area contributed by atoms with Gasteiger partial charge < -0.3 is 4.74 Å². The molecular weight excluding hydrogens is 364 g/mol. The molecule has 0 amide bonds. The summed E-state index contributed by atoms with van der Waals surface area (Å²) in [5.41, 5.74) is -0.717. The Morgan fingerprint density at radius 1 is 1.44 bits per heavy atom. The van der Waals surface area contributed by atoms with Gasteiger partial charge in [-0.05, 0) is 6.92 Å². The number of nitriles is 1. The summed E-state index contributed by atoms with van der Waals surface area (Å²) in [6.45, 7) is 5.43. The second-order valence-electron chi connectivity index (χ2n) is 4.42. The van der Waals surface area contributed by atoms with E-state index in [9.17, 15) is 4.79 Å². The quantitative estimate of drug-likeness (QED) is 0.530. The molecule has 0 heterocycles. The van der Waals surface area contributed by atoms with E-state index >= 15 is 0 Å². The molecule has 0 N–H and O–H groups in total. The van der Waals surface area contributed by atoms with Gasteiger partial charge in [-0.15, -0.1) is 0 Å². The van der Waals surface area contributed by atoms with Gasteiger partial charge >= 0.3 is 5.97 Å². The van der Waals surface area contributed by atoms with Gasteiger partial charge in [0.05, 0.1) is 12.7 Å². The van der Waals surface area contributed by atoms with Gasteiger partial charge in [-0.3, -0.25) is 4.79 Å². The fraction of sp³-hybridized carbons (Fsp3) is 0.818. The number of hydrogen-bond donors (Lipinski definition) is 0. The van der Waals surface area contributed by atoms with Gasteiger partial charge in [0.15, 0.2) is 3.79 Å². The number of rotatable bonds is 5. The maximum atomic E-state index is 11.7. The monoisotopic (exact) mass is 377 g/mol. The van der Waals surface area contributed by atoms with Crippen LogP contribution in [0.15, 0.2) is 0 Å². The van der Waals surface area contributed by atoms with Crippen molar-refractivity contribution < 1.29 is 9.53 Å². The molecule has 0 spiro atoms. The summed E-state index contributed by atoms with van der Waals surface area (Å²) in [5.74, 6) is -1.48. The minimum Gasteiger partial charge on any atom is -0.465 e. The third kappa shape index (κ3) is 5.52. The highest BCUT2D eigenvalue weighted by Gasteiger charge is 2.44. The number of esters is 1. The van der Waals surface area contributed by atoms with E-state index in [-0.39, 0.29) is 17.9 Å². The van der Waals surface area contributed by atoms with Crippen molar-refractivity contribution in [1.29, 1.82) is 5.26 Å². The molecule has 0 fully saturated rings. The Morgan fingerprint density at radius 2 is 1.94 bits per heavy atom. The molecule has 0 aromatic heterocycles. The van der Waals surface area contributed by atoms with E-state index in [1.54, 1.807) is 20.8 Å². The summed E-state index contributed by atoms with van der Waals surface area (Å²) in [7, 11) is 0. The van der Waals surface area contributed by atoms with Gasteiger partial charge in [0.25, 0.3) is 0 Å². The molecule has 2 unspecified atom stereocenters. The molecule has 0 aliphatic carbocycles. The standard InChI is InChI=1S/C11H15BrCl3NO2/c1-4-18-9(17)7(6-16)10(2,3)8(12)5-11(13,14)15/h7-8H,4-5H2,1-3H3. The van der Waals surface area contributed by atoms with Crippen LogP contribution in [0.25, 0.3) is 0 Å². The Balaban J connectivity index is 4.97. The number of carbonyl (C=O) groups excluding carboxylic acids is 1. The van der Waals surface area contributed by atoms with Crippen LogP contribution < -0.4 is 0 Å². The van der Waals surface area contributed by atoms with Crippen molar-refractivity contribution >= 4 is 56.7 Å². The third-order valence-corrected chi connectivity index (χ3v) is 4.58. The van der Waals surface area contributed by atoms with Crippen molar-refractivity contribution in [3.8, 4) is 6.07 Å². The van der Waals surface area contributed by atoms with Crippen LogP contribution in [-0.4, -0.2) is 21.2 Å². The molecule has 3 nitrogen and oxygen atoms in total. The van der Waals surface area contributed by atoms with Crippen LogP contribution in [0.2, 0.25) is 0 Å². The Morgan fingerprint density at radius 3 is 2.28 bits per heavy atom. The zero-order chi connectivity index (χ0) is 14.6. The number of hydrogen-bond acceptors (Lipinski definition) is 3. The SMILES string of the molecule is CCOC(=O)C(C#N)C(C)(C)C(Br)CC(Cl)(Cl)Cl. The Kier molecular flexibility index (Phi) is 7.31. The van der Waals surface area contributed by atoms with Crippen molar-refractivity contribution in [2.75, 3.05) is 6.61 Å². The van der Waals surface area contributed by atoms with Crippen LogP contribution in [0.5, 0.6) is 0 Å². The molecule has 0 aromatic carbocycles. The lowest BCUT2D eigenvalue weighted by Gasteiger charge is -2.34. The maximum absolute atomic E-state index is 11.7. The van der Waals surface area contributed by atoms with E-state index in [1.165, 1.54) is 0 Å². The van der Waals surface area contributed by atoms with Crippen LogP contribution in [0.1, 0.15) is 27.2 Å². The lowest BCUT2D eigenvalue weighted by Crippen LogP contribution is -2.39. The second kappa shape index (κ2) is 7.19. The van der Waals surface area contributed by atoms with Crippen molar-refractivity contribution in [1.82, 2.24) is 0 Å². The predicted molar refractivity (Wildman–Crippen MR) is 77.1 cm³/mol. The van der Waals surface area contributed by atoms with Crippen LogP contribution in [0, 0.1) is 22.7 Å². The lowest BCUT2D eigenvalue weighted by atomic mass is 9.76. The largest absolute Gasteiger partial charge is 0.465 e. The minimum absolute atomic E-state index is 0.183. The topological polar surface area (TPSA) is 50.1 Å². The Labute approximate surface area is 131 Å². The fourth-order valence-corrected chi connectivity index (χ4v) is 3.17. The van der Waals surface area contributed by atoms with Crippen molar-refractivity contribution in [2.45, 2.75) is 35.8 Å². The molecule has 0 aliphatic rings. The van der Waals surface area contributed by atoms with Gasteiger partial charge in [-0.1, -0.05) is 64.6 Å². The zero-order valence-electron chi connectivity index (χ0n) is 10.3. The Hall–Kier alpha value is 0.310. The number of carbonyl (C=O) groups is 1. The van der Waals surface area contributed by atoms with Crippen LogP contribution >= 0.6 is 50.7 Å². The highest BCUT2D eigenvalue weighted by molar-refractivity contribution is 9.09. The third-order valence-electron chi connectivity index (χ3n) is 2.61. The summed E-state index contributed by atoms with van der Waals surface area (Å²) in [6.07, 6.45) is 0.183. The van der Waals surface area contributed by atoms with Gasteiger partial charge in [0.1, 0.15) is 5.92 Å². The summed E-state index contributed by atoms with van der Waals surface area (Å²) in [4.78, 5) is 11.4. The summed E-state index contributed by atoms with van der Waals surface area (Å²) < 4.78 is 3.44. The first-order chi connectivity index (χ1) is 8.06. The Bertz CT molecular complexity index is 336. The predicted octanol–water partition coefficient (Wildman–Crippen LogP) is 4.24. The van der Waals surface area contributed by atoms with E-state index < -0.39 is 21.1 Å². The van der Waals surface area contributed by atoms with Gasteiger partial charge in [-0.2, -0.15) is 5.26 Å². The van der Waals surface area contributed by atoms with Crippen LogP contribution in [-0.2, 0) is 9.53 Å². The highest BCUT2D eigenvalue weighted by atomic mass is 79.9. The molecular formula is C11H15BrCl3NO2. The van der Waals surface area contributed by atoms with Gasteiger partial charge in [0.2, 0.25) is 0 Å². The van der Waals surface area contributed by atoms with Crippen LogP contribution in [0.3, 0.4) is 0 Å². The number of ether oxygens (including phenoxy) is 1. The number of halogens is 4. The molecule has 104 valence electrons. The molecule has 18 heavy (non-hydrogen) atoms. The van der Waals surface area contributed by atoms with Crippen molar-refractivity contribution in [2.24, 2.45) is 11.3 Å². The molecule has 0 saturated carbocycles. The molecule has 7 heteroatoms. The number of nitrogens with zero attached hydrogens (tertiary/aromatic N) is 1. The lowest BCUT2D eigenvalue weighted by molar-refractivity contribution is -0.149. The molecule has 0 aromatic rings. The van der Waals surface area contributed by atoms with Gasteiger partial charge in [0, 0.05) is 16.7 Å². The van der Waals surface area contributed by atoms with Crippen molar-refractivity contribution in [3.05, 3.63) is 0 Å². The van der Waals surface area contributed by atoms with Crippen molar-refractivity contribution in [3.63, 3.8) is 0 Å². The summed E-state index contributed by atoms with van der Waals surface area (Å²) in [6, 6.07) is 1.96. The molecule has 0 radical (unpaired) electrons. The average Bonchev–Trinajstić information content (AvgIpc) is 2.15. The average molecular weight is 380 g/mol. The van der Waals surface area contributed by atoms with E-state index in [1.807, 2.05) is 6.07 Å². The van der Waals surface area contributed by atoms with Gasteiger partial charge in [-0.25, -0.2) is 0 Å².